The normalized spacial score (nSPS) is 5.50. The van der Waals surface area contributed by atoms with Crippen molar-refractivity contribution in [3.8, 4) is 0 Å². The van der Waals surface area contributed by atoms with Gasteiger partial charge in [-0.3, -0.25) is 0 Å². The van der Waals surface area contributed by atoms with E-state index in [1.165, 1.54) is 9.47 Å². The van der Waals surface area contributed by atoms with Crippen LogP contribution in [-0.2, 0) is 4.62 Å². The van der Waals surface area contributed by atoms with Crippen LogP contribution in [0.4, 0.5) is 0 Å². The zero-order valence-electron chi connectivity index (χ0n) is 2.25. The van der Waals surface area contributed by atoms with E-state index in [-0.39, 0.29) is 51.4 Å². The molecule has 0 spiro atoms. The van der Waals surface area contributed by atoms with Crippen molar-refractivity contribution in [1.82, 2.24) is 0 Å². The van der Waals surface area contributed by atoms with Gasteiger partial charge >= 0.3 is 51.4 Å². The summed E-state index contributed by atoms with van der Waals surface area (Å²) in [6, 6.07) is 0. The van der Waals surface area contributed by atoms with Crippen molar-refractivity contribution < 1.29 is 9.71 Å². The fourth-order valence-electron chi connectivity index (χ4n) is 0. The van der Waals surface area contributed by atoms with Gasteiger partial charge in [0.25, 0.3) is 5.09 Å². The van der Waals surface area contributed by atoms with E-state index >= 15 is 0 Å². The van der Waals surface area contributed by atoms with Crippen LogP contribution >= 0.6 is 9.47 Å². The summed E-state index contributed by atoms with van der Waals surface area (Å²) in [5, 5.41) is 8.02. The second kappa shape index (κ2) is 6.27. The van der Waals surface area contributed by atoms with Crippen LogP contribution in [0.15, 0.2) is 0 Å². The van der Waals surface area contributed by atoms with Gasteiger partial charge < -0.3 is 4.62 Å². The van der Waals surface area contributed by atoms with Crippen molar-refractivity contribution in [2.45, 2.75) is 0 Å². The van der Waals surface area contributed by atoms with Gasteiger partial charge in [0.15, 0.2) is 0 Å². The molecular weight excluding hydrogens is 132 g/mol. The first-order chi connectivity index (χ1) is 2.27. The van der Waals surface area contributed by atoms with Gasteiger partial charge in [-0.2, -0.15) is 0 Å². The van der Waals surface area contributed by atoms with E-state index in [1.807, 2.05) is 0 Å². The average Bonchev–Trinajstić information content (AvgIpc) is 1.38. The number of hydrogen-bond acceptors (Lipinski definition) is 3. The molecule has 0 saturated carbocycles. The monoisotopic (exact) mass is 135 g/mol. The number of rotatable bonds is 1. The predicted octanol–water partition coefficient (Wildman–Crippen LogP) is -0.664. The van der Waals surface area contributed by atoms with Crippen LogP contribution in [0.25, 0.3) is 0 Å². The Morgan fingerprint density at radius 1 is 1.83 bits per heavy atom. The van der Waals surface area contributed by atoms with Crippen molar-refractivity contribution in [2.24, 2.45) is 0 Å². The topological polar surface area (TPSA) is 52.4 Å². The number of nitrogens with zero attached hydrogens (tertiary/aromatic N) is 1. The molecule has 0 aromatic carbocycles. The van der Waals surface area contributed by atoms with Gasteiger partial charge in [0.1, 0.15) is 0 Å². The van der Waals surface area contributed by atoms with Crippen LogP contribution < -0.4 is 0 Å². The zero-order chi connectivity index (χ0) is 4.28. The molecular formula is H3KNO3P. The molecule has 0 aliphatic rings. The van der Waals surface area contributed by atoms with Crippen molar-refractivity contribution in [1.29, 1.82) is 0 Å². The Balaban J connectivity index is 0. The van der Waals surface area contributed by atoms with Crippen LogP contribution in [0.3, 0.4) is 0 Å². The summed E-state index contributed by atoms with van der Waals surface area (Å²) in [4.78, 5) is 8.93. The van der Waals surface area contributed by atoms with E-state index in [0.717, 1.165) is 0 Å². The molecule has 0 radical (unpaired) electrons. The summed E-state index contributed by atoms with van der Waals surface area (Å²) in [6.07, 6.45) is 0. The molecule has 1 unspecified atom stereocenters. The van der Waals surface area contributed by atoms with Gasteiger partial charge in [0.2, 0.25) is 0 Å². The van der Waals surface area contributed by atoms with Crippen molar-refractivity contribution in [3.05, 3.63) is 10.1 Å². The third-order valence-electron chi connectivity index (χ3n) is 0.0861. The Morgan fingerprint density at radius 3 is 2.00 bits per heavy atom. The van der Waals surface area contributed by atoms with Gasteiger partial charge in [-0.1, -0.05) is 0 Å². The second-order valence-electron chi connectivity index (χ2n) is 0.329. The quantitative estimate of drug-likeness (QED) is 0.207. The molecule has 0 aromatic heterocycles. The first kappa shape index (κ1) is 10.3. The maximum atomic E-state index is 8.93. The summed E-state index contributed by atoms with van der Waals surface area (Å²) in [5.41, 5.74) is 0. The van der Waals surface area contributed by atoms with Crippen molar-refractivity contribution in [2.75, 3.05) is 0 Å². The average molecular weight is 135 g/mol. The molecule has 0 aliphatic heterocycles. The van der Waals surface area contributed by atoms with Crippen LogP contribution in [0.5, 0.6) is 0 Å². The van der Waals surface area contributed by atoms with Gasteiger partial charge in [0.05, 0.1) is 9.47 Å². The fourth-order valence-corrected chi connectivity index (χ4v) is 0. The van der Waals surface area contributed by atoms with E-state index in [2.05, 4.69) is 4.62 Å². The van der Waals surface area contributed by atoms with Gasteiger partial charge in [-0.25, -0.2) is 0 Å². The molecule has 0 N–H and O–H groups in total. The van der Waals surface area contributed by atoms with Crippen LogP contribution in [0.2, 0.25) is 0 Å². The van der Waals surface area contributed by atoms with E-state index in [9.17, 15) is 0 Å². The first-order valence-corrected chi connectivity index (χ1v) is 1.25. The Bertz CT molecular complexity index is 46.1. The molecule has 1 atom stereocenters. The maximum absolute atomic E-state index is 8.93. The molecule has 0 aromatic rings. The van der Waals surface area contributed by atoms with Crippen molar-refractivity contribution >= 4 is 60.9 Å². The Hall–Kier alpha value is 1.27. The molecule has 0 fully saturated rings. The molecule has 0 rings (SSSR count). The van der Waals surface area contributed by atoms with E-state index in [0.29, 0.717) is 0 Å². The minimum absolute atomic E-state index is 0. The number of hydrogen-bond donors (Lipinski definition) is 0. The SMILES string of the molecule is O=[N+]([O-])OP.[KH]. The molecule has 32 valence electrons. The predicted molar refractivity (Wildman–Crippen MR) is 24.9 cm³/mol. The van der Waals surface area contributed by atoms with Gasteiger partial charge in [0, 0.05) is 0 Å². The standard InChI is InChI=1S/K.H2NO3P.H/c;2-1(3)4-5;/h;5H2;. The Kier molecular flexibility index (Phi) is 10.7. The Labute approximate surface area is 79.4 Å². The van der Waals surface area contributed by atoms with Crippen LogP contribution in [0.1, 0.15) is 0 Å². The molecule has 0 aliphatic carbocycles. The van der Waals surface area contributed by atoms with E-state index < -0.39 is 5.09 Å². The van der Waals surface area contributed by atoms with E-state index in [1.54, 1.807) is 0 Å². The summed E-state index contributed by atoms with van der Waals surface area (Å²) in [5.74, 6) is 0. The molecule has 4 nitrogen and oxygen atoms in total. The minimum atomic E-state index is -0.912. The fraction of sp³-hybridized carbons (Fsp3) is 0. The van der Waals surface area contributed by atoms with Gasteiger partial charge in [-0.05, 0) is 0 Å². The van der Waals surface area contributed by atoms with E-state index in [4.69, 9.17) is 10.1 Å². The summed E-state index contributed by atoms with van der Waals surface area (Å²) in [6.45, 7) is 0. The van der Waals surface area contributed by atoms with Crippen LogP contribution in [-0.4, -0.2) is 56.5 Å². The Morgan fingerprint density at radius 2 is 2.00 bits per heavy atom. The van der Waals surface area contributed by atoms with Gasteiger partial charge in [-0.15, -0.1) is 10.1 Å². The van der Waals surface area contributed by atoms with Crippen LogP contribution in [0, 0.1) is 10.1 Å². The molecule has 0 amide bonds. The summed E-state index contributed by atoms with van der Waals surface area (Å²) < 4.78 is 3.39. The zero-order valence-corrected chi connectivity index (χ0v) is 3.40. The third-order valence-corrected chi connectivity index (χ3v) is 0.258. The molecule has 0 heterocycles. The summed E-state index contributed by atoms with van der Waals surface area (Å²) >= 11 is 0. The molecule has 6 heavy (non-hydrogen) atoms. The second-order valence-corrected chi connectivity index (χ2v) is 0.540. The molecule has 0 bridgehead atoms. The molecule has 6 heteroatoms. The first-order valence-electron chi connectivity index (χ1n) is 0.783. The summed E-state index contributed by atoms with van der Waals surface area (Å²) in [7, 11) is 1.50. The third kappa shape index (κ3) is 8.98. The molecule has 0 saturated heterocycles. The van der Waals surface area contributed by atoms with Crippen molar-refractivity contribution in [3.63, 3.8) is 0 Å².